The minimum Gasteiger partial charge on any atom is -0.340 e. The van der Waals surface area contributed by atoms with Crippen molar-refractivity contribution < 1.29 is 13.6 Å². The molecule has 2 aliphatic rings. The van der Waals surface area contributed by atoms with E-state index in [0.717, 1.165) is 45.3 Å². The van der Waals surface area contributed by atoms with Gasteiger partial charge in [-0.2, -0.15) is 5.10 Å². The number of allylic oxidation sites excluding steroid dienone is 1. The second-order valence-electron chi connectivity index (χ2n) is 9.61. The van der Waals surface area contributed by atoms with Gasteiger partial charge >= 0.3 is 0 Å². The second-order valence-corrected chi connectivity index (χ2v) is 9.61. The molecule has 38 heavy (non-hydrogen) atoms. The molecule has 1 amide bonds. The largest absolute Gasteiger partial charge is 0.340 e. The standard InChI is InChI=1S/C28H25F2N7O/c1-17-11-20(12-23-22(17)13-24(36(23)2)27(38)37-15-28(29,30)16-37)26-31-9-8-25(35-26)34-21-5-3-18(4-6-21)19-7-10-32-33-14-19/h3-6,8-14,33H,7,15-16H2,1-2H3,(H,31,34,35). The Kier molecular flexibility index (Phi) is 5.67. The van der Waals surface area contributed by atoms with E-state index >= 15 is 0 Å². The van der Waals surface area contributed by atoms with Crippen LogP contribution in [-0.2, 0) is 7.05 Å². The molecule has 0 spiro atoms. The van der Waals surface area contributed by atoms with Crippen LogP contribution in [0.3, 0.4) is 0 Å². The average Bonchev–Trinajstić information content (AvgIpc) is 3.25. The van der Waals surface area contributed by atoms with Crippen molar-refractivity contribution in [1.82, 2.24) is 24.9 Å². The molecular formula is C28H25F2N7O. The molecule has 0 atom stereocenters. The third-order valence-electron chi connectivity index (χ3n) is 6.88. The van der Waals surface area contributed by atoms with Crippen molar-refractivity contribution in [2.75, 3.05) is 18.4 Å². The molecule has 1 fully saturated rings. The monoisotopic (exact) mass is 513 g/mol. The normalized spacial score (nSPS) is 16.1. The van der Waals surface area contributed by atoms with Crippen LogP contribution in [0.5, 0.6) is 0 Å². The molecule has 4 heterocycles. The predicted octanol–water partition coefficient (Wildman–Crippen LogP) is 5.10. The number of hydrazone groups is 1. The molecule has 0 unspecified atom stereocenters. The number of rotatable bonds is 5. The van der Waals surface area contributed by atoms with Crippen molar-refractivity contribution >= 4 is 40.1 Å². The Balaban J connectivity index is 1.25. The molecule has 2 aliphatic heterocycles. The van der Waals surface area contributed by atoms with E-state index in [2.05, 4.69) is 20.8 Å². The van der Waals surface area contributed by atoms with Crippen LogP contribution in [0.4, 0.5) is 20.3 Å². The highest BCUT2D eigenvalue weighted by Crippen LogP contribution is 2.32. The van der Waals surface area contributed by atoms with Gasteiger partial charge in [0.15, 0.2) is 5.82 Å². The van der Waals surface area contributed by atoms with E-state index in [1.54, 1.807) is 29.9 Å². The van der Waals surface area contributed by atoms with Crippen molar-refractivity contribution in [1.29, 1.82) is 0 Å². The van der Waals surface area contributed by atoms with Crippen molar-refractivity contribution in [2.24, 2.45) is 12.1 Å². The first-order valence-electron chi connectivity index (χ1n) is 12.2. The number of benzene rings is 2. The summed E-state index contributed by atoms with van der Waals surface area (Å²) in [5.41, 5.74) is 8.97. The number of hydrogen-bond donors (Lipinski definition) is 2. The number of anilines is 2. The molecule has 0 radical (unpaired) electrons. The number of aromatic nitrogens is 3. The van der Waals surface area contributed by atoms with E-state index in [9.17, 15) is 13.6 Å². The van der Waals surface area contributed by atoms with E-state index in [1.165, 1.54) is 4.90 Å². The summed E-state index contributed by atoms with van der Waals surface area (Å²) in [6.45, 7) is 0.861. The summed E-state index contributed by atoms with van der Waals surface area (Å²) in [7, 11) is 1.77. The maximum Gasteiger partial charge on any atom is 0.282 e. The molecule has 8 nitrogen and oxygen atoms in total. The summed E-state index contributed by atoms with van der Waals surface area (Å²) >= 11 is 0. The first-order chi connectivity index (χ1) is 18.3. The predicted molar refractivity (Wildman–Crippen MR) is 143 cm³/mol. The molecule has 192 valence electrons. The van der Waals surface area contributed by atoms with E-state index < -0.39 is 24.9 Å². The summed E-state index contributed by atoms with van der Waals surface area (Å²) in [5, 5.41) is 8.21. The van der Waals surface area contributed by atoms with Crippen LogP contribution in [0.2, 0.25) is 0 Å². The van der Waals surface area contributed by atoms with Gasteiger partial charge in [-0.1, -0.05) is 12.1 Å². The van der Waals surface area contributed by atoms with Crippen LogP contribution >= 0.6 is 0 Å². The van der Waals surface area contributed by atoms with Crippen molar-refractivity contribution in [3.63, 3.8) is 0 Å². The zero-order chi connectivity index (χ0) is 26.4. The van der Waals surface area contributed by atoms with Gasteiger partial charge in [-0.25, -0.2) is 18.7 Å². The number of nitrogens with one attached hydrogen (secondary N) is 2. The molecule has 10 heteroatoms. The van der Waals surface area contributed by atoms with Crippen LogP contribution in [0, 0.1) is 6.92 Å². The van der Waals surface area contributed by atoms with Crippen molar-refractivity contribution in [3.05, 3.63) is 77.7 Å². The Hall–Kier alpha value is -4.60. The van der Waals surface area contributed by atoms with Gasteiger partial charge in [0.1, 0.15) is 11.5 Å². The smallest absolute Gasteiger partial charge is 0.282 e. The van der Waals surface area contributed by atoms with Gasteiger partial charge in [0, 0.05) is 54.2 Å². The van der Waals surface area contributed by atoms with E-state index in [-0.39, 0.29) is 0 Å². The Morgan fingerprint density at radius 3 is 2.58 bits per heavy atom. The van der Waals surface area contributed by atoms with E-state index in [0.29, 0.717) is 17.3 Å². The first-order valence-corrected chi connectivity index (χ1v) is 12.2. The SMILES string of the molecule is Cc1cc(-c2nccc(Nc3ccc(C4=CNN=CC4)cc3)n2)cc2c1cc(C(=O)N1CC(F)(F)C1)n2C. The molecule has 0 saturated carbocycles. The lowest BCUT2D eigenvalue weighted by molar-refractivity contribution is -0.113. The maximum absolute atomic E-state index is 13.3. The van der Waals surface area contributed by atoms with E-state index in [4.69, 9.17) is 4.98 Å². The Morgan fingerprint density at radius 1 is 1.08 bits per heavy atom. The number of likely N-dealkylation sites (tertiary alicyclic amines) is 1. The highest BCUT2D eigenvalue weighted by molar-refractivity contribution is 6.01. The minimum atomic E-state index is -2.80. The van der Waals surface area contributed by atoms with Gasteiger partial charge < -0.3 is 14.8 Å². The van der Waals surface area contributed by atoms with Crippen LogP contribution in [0.25, 0.3) is 27.9 Å². The maximum atomic E-state index is 13.3. The third kappa shape index (κ3) is 4.38. The number of carbonyl (C=O) groups excluding carboxylic acids is 1. The fraction of sp³-hybridized carbons (Fsp3) is 0.214. The zero-order valence-corrected chi connectivity index (χ0v) is 20.9. The van der Waals surface area contributed by atoms with Gasteiger partial charge in [0.25, 0.3) is 11.8 Å². The lowest BCUT2D eigenvalue weighted by Gasteiger charge is -2.38. The number of fused-ring (bicyclic) bond motifs is 1. The number of nitrogens with zero attached hydrogens (tertiary/aromatic N) is 5. The molecule has 0 bridgehead atoms. The Morgan fingerprint density at radius 2 is 1.87 bits per heavy atom. The van der Waals surface area contributed by atoms with Gasteiger partial charge in [0.2, 0.25) is 0 Å². The van der Waals surface area contributed by atoms with Crippen LogP contribution in [0.1, 0.15) is 28.0 Å². The fourth-order valence-corrected chi connectivity index (χ4v) is 4.82. The van der Waals surface area contributed by atoms with Gasteiger partial charge in [-0.15, -0.1) is 0 Å². The van der Waals surface area contributed by atoms with Crippen LogP contribution in [-0.4, -0.2) is 50.6 Å². The molecule has 2 N–H and O–H groups in total. The summed E-state index contributed by atoms with van der Waals surface area (Å²) < 4.78 is 28.4. The molecule has 1 saturated heterocycles. The van der Waals surface area contributed by atoms with Gasteiger partial charge in [0.05, 0.1) is 13.1 Å². The molecule has 2 aromatic heterocycles. The minimum absolute atomic E-state index is 0.377. The quantitative estimate of drug-likeness (QED) is 0.388. The number of halogens is 2. The first kappa shape index (κ1) is 23.8. The Bertz CT molecular complexity index is 1610. The molecule has 0 aliphatic carbocycles. The summed E-state index contributed by atoms with van der Waals surface area (Å²) in [6, 6.07) is 15.5. The van der Waals surface area contributed by atoms with E-state index in [1.807, 2.05) is 55.7 Å². The number of hydrogen-bond acceptors (Lipinski definition) is 6. The Labute approximate surface area is 217 Å². The lowest BCUT2D eigenvalue weighted by Crippen LogP contribution is -2.58. The molecule has 6 rings (SSSR count). The van der Waals surface area contributed by atoms with Gasteiger partial charge in [-0.05, 0) is 60.0 Å². The molecular weight excluding hydrogens is 488 g/mol. The fourth-order valence-electron chi connectivity index (χ4n) is 4.82. The number of alkyl halides is 2. The number of carbonyl (C=O) groups is 1. The zero-order valence-electron chi connectivity index (χ0n) is 20.9. The third-order valence-corrected chi connectivity index (χ3v) is 6.88. The molecule has 4 aromatic rings. The van der Waals surface area contributed by atoms with Crippen LogP contribution in [0.15, 0.2) is 66.0 Å². The van der Waals surface area contributed by atoms with Crippen LogP contribution < -0.4 is 10.7 Å². The summed E-state index contributed by atoms with van der Waals surface area (Å²) in [6.07, 6.45) is 6.21. The summed E-state index contributed by atoms with van der Waals surface area (Å²) in [4.78, 5) is 23.2. The average molecular weight is 514 g/mol. The van der Waals surface area contributed by atoms with Gasteiger partial charge in [-0.3, -0.25) is 10.2 Å². The topological polar surface area (TPSA) is 87.4 Å². The molecule has 2 aromatic carbocycles. The summed E-state index contributed by atoms with van der Waals surface area (Å²) in [5.74, 6) is -2.02. The second kappa shape index (κ2) is 9.05. The number of aryl methyl sites for hydroxylation is 2. The van der Waals surface area contributed by atoms with Crippen molar-refractivity contribution in [3.8, 4) is 11.4 Å². The number of amides is 1. The van der Waals surface area contributed by atoms with Crippen molar-refractivity contribution in [2.45, 2.75) is 19.3 Å². The lowest BCUT2D eigenvalue weighted by atomic mass is 10.0. The highest BCUT2D eigenvalue weighted by Gasteiger charge is 2.46. The highest BCUT2D eigenvalue weighted by atomic mass is 19.3.